The molecule has 0 saturated carbocycles. The van der Waals surface area contributed by atoms with E-state index in [4.69, 9.17) is 9.47 Å². The first-order valence-corrected chi connectivity index (χ1v) is 8.85. The van der Waals surface area contributed by atoms with Crippen LogP contribution in [-0.4, -0.2) is 38.6 Å². The Hall–Kier alpha value is -2.05. The average Bonchev–Trinajstić information content (AvgIpc) is 2.61. The van der Waals surface area contributed by atoms with Crippen LogP contribution in [0.25, 0.3) is 0 Å². The lowest BCUT2D eigenvalue weighted by Gasteiger charge is -2.26. The van der Waals surface area contributed by atoms with E-state index in [1.54, 1.807) is 26.4 Å². The van der Waals surface area contributed by atoms with Gasteiger partial charge in [-0.2, -0.15) is 0 Å². The number of carbonyl (C=O) groups excluding carboxylic acids is 1. The first-order valence-electron chi connectivity index (χ1n) is 8.05. The van der Waals surface area contributed by atoms with Gasteiger partial charge in [0.15, 0.2) is 0 Å². The summed E-state index contributed by atoms with van der Waals surface area (Å²) in [7, 11) is 5.22. The maximum atomic E-state index is 12.8. The molecule has 0 aliphatic carbocycles. The van der Waals surface area contributed by atoms with E-state index in [-0.39, 0.29) is 5.91 Å². The Kier molecular flexibility index (Phi) is 5.30. The minimum absolute atomic E-state index is 0.201. The molecule has 5 nitrogen and oxygen atoms in total. The highest BCUT2D eigenvalue weighted by atomic mass is 79.9. The zero-order valence-electron chi connectivity index (χ0n) is 14.6. The van der Waals surface area contributed by atoms with Gasteiger partial charge in [-0.05, 0) is 52.7 Å². The van der Waals surface area contributed by atoms with Crippen molar-refractivity contribution in [3.8, 4) is 11.5 Å². The Morgan fingerprint density at radius 2 is 1.96 bits per heavy atom. The number of nitrogens with one attached hydrogen (secondary N) is 1. The van der Waals surface area contributed by atoms with Crippen LogP contribution in [0.5, 0.6) is 11.5 Å². The van der Waals surface area contributed by atoms with Crippen LogP contribution < -0.4 is 14.8 Å². The predicted octanol–water partition coefficient (Wildman–Crippen LogP) is 3.71. The van der Waals surface area contributed by atoms with E-state index in [0.717, 1.165) is 25.2 Å². The van der Waals surface area contributed by atoms with Gasteiger partial charge in [0.1, 0.15) is 11.5 Å². The summed E-state index contributed by atoms with van der Waals surface area (Å²) in [5.41, 5.74) is 3.79. The van der Waals surface area contributed by atoms with Crippen molar-refractivity contribution in [3.63, 3.8) is 0 Å². The molecule has 132 valence electrons. The molecule has 6 heteroatoms. The highest BCUT2D eigenvalue weighted by Gasteiger charge is 2.20. The van der Waals surface area contributed by atoms with Gasteiger partial charge >= 0.3 is 0 Å². The number of amides is 1. The molecule has 0 atom stereocenters. The molecule has 2 aromatic carbocycles. The molecule has 0 spiro atoms. The summed E-state index contributed by atoms with van der Waals surface area (Å²) in [6.45, 7) is 1.88. The number of benzene rings is 2. The molecule has 2 aromatic rings. The van der Waals surface area contributed by atoms with Crippen molar-refractivity contribution in [2.24, 2.45) is 0 Å². The van der Waals surface area contributed by atoms with E-state index in [0.29, 0.717) is 21.5 Å². The fourth-order valence-corrected chi connectivity index (χ4v) is 3.60. The molecule has 3 rings (SSSR count). The van der Waals surface area contributed by atoms with Crippen molar-refractivity contribution in [1.29, 1.82) is 0 Å². The number of anilines is 1. The normalized spacial score (nSPS) is 13.9. The molecule has 1 amide bonds. The van der Waals surface area contributed by atoms with Crippen LogP contribution in [-0.2, 0) is 13.0 Å². The second-order valence-electron chi connectivity index (χ2n) is 6.07. The van der Waals surface area contributed by atoms with Crippen molar-refractivity contribution in [3.05, 3.63) is 51.5 Å². The second kappa shape index (κ2) is 7.45. The lowest BCUT2D eigenvalue weighted by Crippen LogP contribution is -2.27. The molecule has 1 aliphatic heterocycles. The summed E-state index contributed by atoms with van der Waals surface area (Å²) in [6.07, 6.45) is 0.922. The number of halogens is 1. The molecular formula is C19H21BrN2O3. The Morgan fingerprint density at radius 3 is 2.68 bits per heavy atom. The number of methoxy groups -OCH3 is 2. The third-order valence-corrected chi connectivity index (χ3v) is 5.04. The molecule has 0 aromatic heterocycles. The van der Waals surface area contributed by atoms with E-state index in [1.165, 1.54) is 11.1 Å². The number of hydrogen-bond acceptors (Lipinski definition) is 4. The van der Waals surface area contributed by atoms with E-state index >= 15 is 0 Å². The topological polar surface area (TPSA) is 50.8 Å². The molecular weight excluding hydrogens is 384 g/mol. The number of rotatable bonds is 4. The highest BCUT2D eigenvalue weighted by molar-refractivity contribution is 9.10. The summed E-state index contributed by atoms with van der Waals surface area (Å²) >= 11 is 3.43. The largest absolute Gasteiger partial charge is 0.496 e. The summed E-state index contributed by atoms with van der Waals surface area (Å²) in [4.78, 5) is 15.1. The lowest BCUT2D eigenvalue weighted by molar-refractivity contribution is 0.102. The second-order valence-corrected chi connectivity index (χ2v) is 6.93. The summed E-state index contributed by atoms with van der Waals surface area (Å²) in [5, 5.41) is 3.04. The van der Waals surface area contributed by atoms with Gasteiger partial charge in [-0.3, -0.25) is 4.79 Å². The first kappa shape index (κ1) is 17.8. The van der Waals surface area contributed by atoms with Gasteiger partial charge in [0.2, 0.25) is 0 Å². The molecule has 0 radical (unpaired) electrons. The maximum Gasteiger partial charge on any atom is 0.259 e. The maximum absolute atomic E-state index is 12.8. The van der Waals surface area contributed by atoms with Crippen LogP contribution in [0.3, 0.4) is 0 Å². The molecule has 0 fully saturated rings. The van der Waals surface area contributed by atoms with Gasteiger partial charge in [-0.1, -0.05) is 12.1 Å². The summed E-state index contributed by atoms with van der Waals surface area (Å²) in [5.74, 6) is 0.892. The lowest BCUT2D eigenvalue weighted by atomic mass is 9.98. The van der Waals surface area contributed by atoms with E-state index in [9.17, 15) is 4.79 Å². The van der Waals surface area contributed by atoms with Crippen LogP contribution >= 0.6 is 15.9 Å². The van der Waals surface area contributed by atoms with Gasteiger partial charge in [-0.25, -0.2) is 0 Å². The van der Waals surface area contributed by atoms with Crippen molar-refractivity contribution < 1.29 is 14.3 Å². The SMILES string of the molecule is COc1cc(OC)c(C(=O)Nc2cccc3c2CCN(C)C3)cc1Br. The molecule has 25 heavy (non-hydrogen) atoms. The molecule has 0 bridgehead atoms. The van der Waals surface area contributed by atoms with Gasteiger partial charge in [0, 0.05) is 24.8 Å². The van der Waals surface area contributed by atoms with Crippen molar-refractivity contribution in [1.82, 2.24) is 4.90 Å². The number of carbonyl (C=O) groups is 1. The smallest absolute Gasteiger partial charge is 0.259 e. The predicted molar refractivity (Wildman–Crippen MR) is 102 cm³/mol. The third kappa shape index (κ3) is 3.65. The molecule has 1 N–H and O–H groups in total. The van der Waals surface area contributed by atoms with Crippen molar-refractivity contribution >= 4 is 27.5 Å². The fourth-order valence-electron chi connectivity index (χ4n) is 3.09. The van der Waals surface area contributed by atoms with Gasteiger partial charge in [0.05, 0.1) is 24.3 Å². The Bertz CT molecular complexity index is 807. The Balaban J connectivity index is 1.91. The van der Waals surface area contributed by atoms with E-state index < -0.39 is 0 Å². The van der Waals surface area contributed by atoms with Gasteiger partial charge in [-0.15, -0.1) is 0 Å². The van der Waals surface area contributed by atoms with Crippen LogP contribution in [0, 0.1) is 0 Å². The molecule has 0 saturated heterocycles. The minimum atomic E-state index is -0.201. The molecule has 0 unspecified atom stereocenters. The number of nitrogens with zero attached hydrogens (tertiary/aromatic N) is 1. The quantitative estimate of drug-likeness (QED) is 0.843. The standard InChI is InChI=1S/C19H21BrN2O3/c1-22-8-7-13-12(11-22)5-4-6-16(13)21-19(23)14-9-15(20)18(25-3)10-17(14)24-2/h4-6,9-10H,7-8,11H2,1-3H3,(H,21,23). The van der Waals surface area contributed by atoms with Crippen LogP contribution in [0.15, 0.2) is 34.8 Å². The van der Waals surface area contributed by atoms with E-state index in [2.05, 4.69) is 39.3 Å². The van der Waals surface area contributed by atoms with E-state index in [1.807, 2.05) is 12.1 Å². The van der Waals surface area contributed by atoms with Crippen molar-refractivity contribution in [2.45, 2.75) is 13.0 Å². The molecule has 1 heterocycles. The van der Waals surface area contributed by atoms with Crippen LogP contribution in [0.1, 0.15) is 21.5 Å². The zero-order chi connectivity index (χ0) is 18.0. The Morgan fingerprint density at radius 1 is 1.20 bits per heavy atom. The summed E-state index contributed by atoms with van der Waals surface area (Å²) < 4.78 is 11.3. The monoisotopic (exact) mass is 404 g/mol. The fraction of sp³-hybridized carbons (Fsp3) is 0.316. The van der Waals surface area contributed by atoms with Crippen molar-refractivity contribution in [2.75, 3.05) is 33.1 Å². The number of ether oxygens (including phenoxy) is 2. The number of likely N-dealkylation sites (N-methyl/N-ethyl adjacent to an activating group) is 1. The Labute approximate surface area is 156 Å². The van der Waals surface area contributed by atoms with Crippen LogP contribution in [0.4, 0.5) is 5.69 Å². The summed E-state index contributed by atoms with van der Waals surface area (Å²) in [6, 6.07) is 9.47. The van der Waals surface area contributed by atoms with Crippen LogP contribution in [0.2, 0.25) is 0 Å². The van der Waals surface area contributed by atoms with Gasteiger partial charge in [0.25, 0.3) is 5.91 Å². The number of hydrogen-bond donors (Lipinski definition) is 1. The first-order chi connectivity index (χ1) is 12.0. The van der Waals surface area contributed by atoms with Gasteiger partial charge < -0.3 is 19.7 Å². The minimum Gasteiger partial charge on any atom is -0.496 e. The number of fused-ring (bicyclic) bond motifs is 1. The average molecular weight is 405 g/mol. The third-order valence-electron chi connectivity index (χ3n) is 4.42. The molecule has 1 aliphatic rings. The zero-order valence-corrected chi connectivity index (χ0v) is 16.1. The highest BCUT2D eigenvalue weighted by Crippen LogP contribution is 2.34.